The van der Waals surface area contributed by atoms with Gasteiger partial charge in [-0.25, -0.2) is 9.18 Å². The number of benzene rings is 2. The molecule has 0 aliphatic rings. The second kappa shape index (κ2) is 10.6. The van der Waals surface area contributed by atoms with Crippen molar-refractivity contribution in [2.75, 3.05) is 17.2 Å². The summed E-state index contributed by atoms with van der Waals surface area (Å²) in [6, 6.07) is 10.2. The quantitative estimate of drug-likeness (QED) is 0.563. The number of carbonyl (C=O) groups excluding carboxylic acids is 3. The third-order valence-electron chi connectivity index (χ3n) is 3.96. The minimum atomic E-state index is -0.736. The summed E-state index contributed by atoms with van der Waals surface area (Å²) in [5.74, 6) is -0.620. The van der Waals surface area contributed by atoms with Crippen LogP contribution in [-0.2, 0) is 9.53 Å². The number of rotatable bonds is 8. The van der Waals surface area contributed by atoms with Crippen molar-refractivity contribution in [1.82, 2.24) is 0 Å². The number of amides is 2. The summed E-state index contributed by atoms with van der Waals surface area (Å²) in [4.78, 5) is 36.6. The first kappa shape index (κ1) is 23.9. The molecule has 0 aliphatic heterocycles. The molecule has 0 bridgehead atoms. The topological polar surface area (TPSA) is 93.7 Å². The number of nitrogens with one attached hydrogen (secondary N) is 2. The fraction of sp³-hybridized carbons (Fsp3) is 0.348. The van der Waals surface area contributed by atoms with Crippen molar-refractivity contribution in [1.29, 1.82) is 0 Å². The Morgan fingerprint density at radius 3 is 2.23 bits per heavy atom. The van der Waals surface area contributed by atoms with Gasteiger partial charge < -0.3 is 14.8 Å². The van der Waals surface area contributed by atoms with Gasteiger partial charge in [0.1, 0.15) is 17.2 Å². The summed E-state index contributed by atoms with van der Waals surface area (Å²) < 4.78 is 24.2. The Hall–Kier alpha value is -3.42. The van der Waals surface area contributed by atoms with Gasteiger partial charge in [-0.15, -0.1) is 0 Å². The van der Waals surface area contributed by atoms with Crippen LogP contribution in [0.1, 0.15) is 50.9 Å². The molecular formula is C23H27FN2O5. The van der Waals surface area contributed by atoms with Gasteiger partial charge in [-0.1, -0.05) is 0 Å². The molecule has 0 atom stereocenters. The predicted molar refractivity (Wildman–Crippen MR) is 116 cm³/mol. The maximum Gasteiger partial charge on any atom is 0.412 e. The normalized spacial score (nSPS) is 10.9. The summed E-state index contributed by atoms with van der Waals surface area (Å²) in [5.41, 5.74) is 0.00915. The van der Waals surface area contributed by atoms with Gasteiger partial charge in [0, 0.05) is 18.4 Å². The molecule has 0 saturated carbocycles. The van der Waals surface area contributed by atoms with Crippen LogP contribution in [-0.4, -0.2) is 30.0 Å². The molecule has 0 saturated heterocycles. The van der Waals surface area contributed by atoms with Crippen LogP contribution in [0.4, 0.5) is 20.6 Å². The fourth-order valence-corrected chi connectivity index (χ4v) is 2.63. The van der Waals surface area contributed by atoms with E-state index in [2.05, 4.69) is 10.6 Å². The molecule has 2 aromatic rings. The van der Waals surface area contributed by atoms with E-state index >= 15 is 0 Å². The smallest absolute Gasteiger partial charge is 0.412 e. The van der Waals surface area contributed by atoms with Crippen LogP contribution in [0, 0.1) is 5.82 Å². The molecule has 0 radical (unpaired) electrons. The molecule has 2 aromatic carbocycles. The molecule has 0 spiro atoms. The van der Waals surface area contributed by atoms with Crippen LogP contribution >= 0.6 is 0 Å². The van der Waals surface area contributed by atoms with E-state index in [0.717, 1.165) is 12.1 Å². The van der Waals surface area contributed by atoms with Crippen LogP contribution in [0.25, 0.3) is 0 Å². The minimum Gasteiger partial charge on any atom is -0.494 e. The predicted octanol–water partition coefficient (Wildman–Crippen LogP) is 5.17. The lowest BCUT2D eigenvalue weighted by atomic mass is 10.1. The van der Waals surface area contributed by atoms with E-state index in [1.54, 1.807) is 45.0 Å². The average Bonchev–Trinajstić information content (AvgIpc) is 2.67. The van der Waals surface area contributed by atoms with Gasteiger partial charge in [-0.3, -0.25) is 14.9 Å². The maximum atomic E-state index is 13.7. The number of hydrogen-bond acceptors (Lipinski definition) is 5. The van der Waals surface area contributed by atoms with Crippen molar-refractivity contribution in [2.24, 2.45) is 0 Å². The van der Waals surface area contributed by atoms with Crippen LogP contribution < -0.4 is 15.4 Å². The first-order valence-corrected chi connectivity index (χ1v) is 9.93. The van der Waals surface area contributed by atoms with Gasteiger partial charge in [-0.2, -0.15) is 0 Å². The summed E-state index contributed by atoms with van der Waals surface area (Å²) >= 11 is 0. The number of ketones is 1. The highest BCUT2D eigenvalue weighted by Crippen LogP contribution is 2.24. The second-order valence-electron chi connectivity index (χ2n) is 7.75. The molecule has 0 fully saturated rings. The van der Waals surface area contributed by atoms with Gasteiger partial charge in [0.25, 0.3) is 0 Å². The largest absolute Gasteiger partial charge is 0.494 e. The number of Topliss-reactive ketones (excluding diaryl/α,β-unsaturated/α-hetero) is 1. The molecule has 2 N–H and O–H groups in total. The van der Waals surface area contributed by atoms with Gasteiger partial charge >= 0.3 is 6.09 Å². The van der Waals surface area contributed by atoms with E-state index in [0.29, 0.717) is 17.9 Å². The fourth-order valence-electron chi connectivity index (χ4n) is 2.63. The highest BCUT2D eigenvalue weighted by molar-refractivity contribution is 6.02. The standard InChI is InChI=1S/C23H27FN2O5/c1-5-30-17-9-6-15(7-10-17)20(27)12-13-21(28)25-19-14-16(24)8-11-18(19)26-22(29)31-23(2,3)4/h6-11,14H,5,12-13H2,1-4H3,(H,25,28)(H,26,29). The van der Waals surface area contributed by atoms with Crippen molar-refractivity contribution in [3.63, 3.8) is 0 Å². The average molecular weight is 430 g/mol. The molecule has 0 unspecified atom stereocenters. The third kappa shape index (κ3) is 8.08. The Bertz CT molecular complexity index is 936. The Kier molecular flexibility index (Phi) is 8.13. The van der Waals surface area contributed by atoms with Crippen LogP contribution in [0.5, 0.6) is 5.75 Å². The molecule has 0 heterocycles. The van der Waals surface area contributed by atoms with E-state index in [1.807, 2.05) is 6.92 Å². The van der Waals surface area contributed by atoms with E-state index in [-0.39, 0.29) is 30.0 Å². The van der Waals surface area contributed by atoms with Crippen LogP contribution in [0.15, 0.2) is 42.5 Å². The summed E-state index contributed by atoms with van der Waals surface area (Å²) in [6.07, 6.45) is -0.862. The first-order valence-electron chi connectivity index (χ1n) is 9.93. The first-order chi connectivity index (χ1) is 14.6. The van der Waals surface area contributed by atoms with Gasteiger partial charge in [-0.05, 0) is 70.2 Å². The van der Waals surface area contributed by atoms with Gasteiger partial charge in [0.15, 0.2) is 5.78 Å². The Labute approximate surface area is 180 Å². The lowest BCUT2D eigenvalue weighted by Crippen LogP contribution is -2.27. The van der Waals surface area contributed by atoms with Crippen molar-refractivity contribution >= 4 is 29.2 Å². The number of hydrogen-bond donors (Lipinski definition) is 2. The van der Waals surface area contributed by atoms with E-state index in [4.69, 9.17) is 9.47 Å². The molecular weight excluding hydrogens is 403 g/mol. The zero-order chi connectivity index (χ0) is 23.0. The van der Waals surface area contributed by atoms with Crippen LogP contribution in [0.3, 0.4) is 0 Å². The Morgan fingerprint density at radius 1 is 0.935 bits per heavy atom. The highest BCUT2D eigenvalue weighted by Gasteiger charge is 2.18. The monoisotopic (exact) mass is 430 g/mol. The lowest BCUT2D eigenvalue weighted by molar-refractivity contribution is -0.116. The van der Waals surface area contributed by atoms with Crippen LogP contribution in [0.2, 0.25) is 0 Å². The van der Waals surface area contributed by atoms with E-state index in [1.165, 1.54) is 6.07 Å². The summed E-state index contributed by atoms with van der Waals surface area (Å²) in [5, 5.41) is 5.02. The van der Waals surface area contributed by atoms with E-state index < -0.39 is 23.4 Å². The lowest BCUT2D eigenvalue weighted by Gasteiger charge is -2.20. The number of carbonyl (C=O) groups is 3. The molecule has 7 nitrogen and oxygen atoms in total. The van der Waals surface area contributed by atoms with Gasteiger partial charge in [0.05, 0.1) is 18.0 Å². The molecule has 166 valence electrons. The zero-order valence-corrected chi connectivity index (χ0v) is 18.1. The van der Waals surface area contributed by atoms with Crippen molar-refractivity contribution in [3.8, 4) is 5.75 Å². The molecule has 2 rings (SSSR count). The van der Waals surface area contributed by atoms with Crippen molar-refractivity contribution in [2.45, 2.75) is 46.1 Å². The Balaban J connectivity index is 1.97. The molecule has 0 aliphatic carbocycles. The number of ether oxygens (including phenoxy) is 2. The summed E-state index contributed by atoms with van der Waals surface area (Å²) in [6.45, 7) is 7.52. The van der Waals surface area contributed by atoms with Crippen molar-refractivity contribution in [3.05, 3.63) is 53.8 Å². The number of halogens is 1. The Morgan fingerprint density at radius 2 is 1.61 bits per heavy atom. The molecule has 8 heteroatoms. The minimum absolute atomic E-state index is 0.0239. The molecule has 0 aromatic heterocycles. The van der Waals surface area contributed by atoms with Crippen molar-refractivity contribution < 1.29 is 28.2 Å². The molecule has 2 amide bonds. The third-order valence-corrected chi connectivity index (χ3v) is 3.96. The SMILES string of the molecule is CCOc1ccc(C(=O)CCC(=O)Nc2cc(F)ccc2NC(=O)OC(C)(C)C)cc1. The van der Waals surface area contributed by atoms with Gasteiger partial charge in [0.2, 0.25) is 5.91 Å². The number of anilines is 2. The maximum absolute atomic E-state index is 13.7. The summed E-state index contributed by atoms with van der Waals surface area (Å²) in [7, 11) is 0. The highest BCUT2D eigenvalue weighted by atomic mass is 19.1. The second-order valence-corrected chi connectivity index (χ2v) is 7.75. The van der Waals surface area contributed by atoms with E-state index in [9.17, 15) is 18.8 Å². The molecule has 31 heavy (non-hydrogen) atoms. The zero-order valence-electron chi connectivity index (χ0n) is 18.1.